The molecule has 0 aliphatic carbocycles. The summed E-state index contributed by atoms with van der Waals surface area (Å²) in [7, 11) is 1.60. The summed E-state index contributed by atoms with van der Waals surface area (Å²) < 4.78 is 5.28. The quantitative estimate of drug-likeness (QED) is 0.305. The van der Waals surface area contributed by atoms with Crippen molar-refractivity contribution < 1.29 is 14.3 Å². The molecular weight excluding hydrogens is 504 g/mol. The topological polar surface area (TPSA) is 105 Å². The third-order valence-electron chi connectivity index (χ3n) is 6.67. The molecule has 4 aromatic rings. The van der Waals surface area contributed by atoms with Crippen molar-refractivity contribution in [3.8, 4) is 5.75 Å². The highest BCUT2D eigenvalue weighted by Gasteiger charge is 2.36. The number of hydrogen-bond acceptors (Lipinski definition) is 6. The number of amides is 3. The minimum Gasteiger partial charge on any atom is -0.497 e. The molecule has 0 spiro atoms. The second-order valence-corrected chi connectivity index (χ2v) is 10.0. The number of benzene rings is 3. The molecule has 2 heterocycles. The molecule has 3 aromatic carbocycles. The van der Waals surface area contributed by atoms with E-state index < -0.39 is 6.04 Å². The molecule has 9 nitrogen and oxygen atoms in total. The van der Waals surface area contributed by atoms with E-state index >= 15 is 0 Å². The summed E-state index contributed by atoms with van der Waals surface area (Å²) in [6, 6.07) is 24.8. The molecule has 3 amide bonds. The van der Waals surface area contributed by atoms with Crippen molar-refractivity contribution in [2.24, 2.45) is 11.7 Å². The van der Waals surface area contributed by atoms with Crippen molar-refractivity contribution in [3.05, 3.63) is 96.7 Å². The van der Waals surface area contributed by atoms with Gasteiger partial charge in [-0.05, 0) is 60.9 Å². The average molecular weight is 537 g/mol. The van der Waals surface area contributed by atoms with Gasteiger partial charge in [0.15, 0.2) is 5.82 Å². The van der Waals surface area contributed by atoms with Gasteiger partial charge in [-0.2, -0.15) is 4.98 Å². The van der Waals surface area contributed by atoms with Gasteiger partial charge in [0.25, 0.3) is 5.91 Å². The van der Waals surface area contributed by atoms with Crippen LogP contribution < -0.4 is 25.2 Å². The second kappa shape index (κ2) is 11.5. The van der Waals surface area contributed by atoms with Gasteiger partial charge in [-0.1, -0.05) is 50.2 Å². The summed E-state index contributed by atoms with van der Waals surface area (Å²) in [5, 5.41) is 0. The molecule has 0 saturated carbocycles. The van der Waals surface area contributed by atoms with Crippen molar-refractivity contribution in [2.75, 3.05) is 21.8 Å². The molecule has 1 aromatic heterocycles. The first-order chi connectivity index (χ1) is 19.4. The van der Waals surface area contributed by atoms with Crippen LogP contribution in [0.3, 0.4) is 0 Å². The van der Waals surface area contributed by atoms with Gasteiger partial charge in [0.05, 0.1) is 31.1 Å². The average Bonchev–Trinajstić information content (AvgIpc) is 2.97. The highest BCUT2D eigenvalue weighted by Crippen LogP contribution is 2.37. The molecule has 1 aliphatic rings. The van der Waals surface area contributed by atoms with Crippen LogP contribution in [0.4, 0.5) is 33.6 Å². The number of urea groups is 1. The zero-order valence-corrected chi connectivity index (χ0v) is 22.8. The molecule has 40 heavy (non-hydrogen) atoms. The molecule has 1 aliphatic heterocycles. The number of carbonyl (C=O) groups excluding carboxylic acids is 2. The zero-order chi connectivity index (χ0) is 28.2. The maximum absolute atomic E-state index is 14.0. The first-order valence-electron chi connectivity index (χ1n) is 13.2. The number of hydrogen-bond donors (Lipinski definition) is 1. The first kappa shape index (κ1) is 26.8. The van der Waals surface area contributed by atoms with Crippen LogP contribution in [0.1, 0.15) is 25.8 Å². The van der Waals surface area contributed by atoms with E-state index in [9.17, 15) is 9.59 Å². The van der Waals surface area contributed by atoms with Crippen molar-refractivity contribution >= 4 is 40.8 Å². The van der Waals surface area contributed by atoms with Crippen molar-refractivity contribution in [3.63, 3.8) is 0 Å². The predicted octanol–water partition coefficient (Wildman–Crippen LogP) is 5.80. The molecule has 2 N–H and O–H groups in total. The van der Waals surface area contributed by atoms with Crippen molar-refractivity contribution in [2.45, 2.75) is 32.9 Å². The van der Waals surface area contributed by atoms with E-state index in [1.54, 1.807) is 23.1 Å². The second-order valence-electron chi connectivity index (χ2n) is 10.0. The first-order valence-corrected chi connectivity index (χ1v) is 13.2. The van der Waals surface area contributed by atoms with Crippen LogP contribution in [-0.2, 0) is 11.3 Å². The normalized spacial score (nSPS) is 13.7. The number of nitrogens with two attached hydrogens (primary N) is 1. The fraction of sp³-hybridized carbons (Fsp3) is 0.226. The highest BCUT2D eigenvalue weighted by atomic mass is 16.5. The molecule has 5 rings (SSSR count). The Hall–Kier alpha value is -4.76. The van der Waals surface area contributed by atoms with Crippen LogP contribution in [0, 0.1) is 5.92 Å². The maximum Gasteiger partial charge on any atom is 0.335 e. The maximum atomic E-state index is 14.0. The highest BCUT2D eigenvalue weighted by molar-refractivity contribution is 6.10. The smallest absolute Gasteiger partial charge is 0.335 e. The van der Waals surface area contributed by atoms with Crippen LogP contribution >= 0.6 is 0 Å². The van der Waals surface area contributed by atoms with Gasteiger partial charge in [-0.3, -0.25) is 9.69 Å². The number of methoxy groups -OCH3 is 1. The molecule has 0 fully saturated rings. The molecule has 0 radical (unpaired) electrons. The molecule has 0 bridgehead atoms. The number of rotatable bonds is 8. The largest absolute Gasteiger partial charge is 0.497 e. The zero-order valence-electron chi connectivity index (χ0n) is 22.8. The molecule has 204 valence electrons. The summed E-state index contributed by atoms with van der Waals surface area (Å²) in [6.45, 7) is 4.30. The van der Waals surface area contributed by atoms with Crippen LogP contribution in [0.25, 0.3) is 0 Å². The van der Waals surface area contributed by atoms with Crippen molar-refractivity contribution in [1.29, 1.82) is 0 Å². The van der Waals surface area contributed by atoms with Crippen LogP contribution in [0.5, 0.6) is 5.75 Å². The Kier molecular flexibility index (Phi) is 7.75. The Morgan fingerprint density at radius 2 is 1.62 bits per heavy atom. The SMILES string of the molecule is COc1ccc(N2Cc3cnc(N(C(=O)[C@@H](N)CC(C)C)c4ccccc4)nc3N(c3ccccc3)C2=O)cc1. The summed E-state index contributed by atoms with van der Waals surface area (Å²) in [4.78, 5) is 41.8. The monoisotopic (exact) mass is 536 g/mol. The van der Waals surface area contributed by atoms with E-state index in [1.165, 1.54) is 4.90 Å². The van der Waals surface area contributed by atoms with Gasteiger partial charge in [0, 0.05) is 17.4 Å². The Labute approximate surface area is 233 Å². The number of carbonyl (C=O) groups is 2. The lowest BCUT2D eigenvalue weighted by Gasteiger charge is -2.36. The van der Waals surface area contributed by atoms with Gasteiger partial charge in [0.1, 0.15) is 5.75 Å². The summed E-state index contributed by atoms with van der Waals surface area (Å²) in [5.41, 5.74) is 9.03. The number of nitrogens with zero attached hydrogens (tertiary/aromatic N) is 5. The molecule has 0 saturated heterocycles. The standard InChI is InChI=1S/C31H32N6O3/c1-21(2)18-27(32)29(38)37(25-12-8-5-9-13-25)30-33-19-22-20-35(23-14-16-26(40-3)17-15-23)31(39)36(28(22)34-30)24-10-6-4-7-11-24/h4-17,19,21,27H,18,20,32H2,1-3H3/t27-/m0/s1. The van der Waals surface area contributed by atoms with Crippen LogP contribution in [0.15, 0.2) is 91.1 Å². The Morgan fingerprint density at radius 1 is 0.975 bits per heavy atom. The van der Waals surface area contributed by atoms with E-state index in [0.29, 0.717) is 35.1 Å². The molecule has 0 unspecified atom stereocenters. The minimum absolute atomic E-state index is 0.154. The van der Waals surface area contributed by atoms with Crippen LogP contribution in [-0.4, -0.2) is 35.1 Å². The van der Waals surface area contributed by atoms with E-state index in [1.807, 2.05) is 98.8 Å². The number of ether oxygens (including phenoxy) is 1. The number of aromatic nitrogens is 2. The van der Waals surface area contributed by atoms with E-state index in [0.717, 1.165) is 5.56 Å². The number of para-hydroxylation sites is 2. The summed E-state index contributed by atoms with van der Waals surface area (Å²) in [5.74, 6) is 1.19. The number of anilines is 5. The molecular formula is C31H32N6O3. The summed E-state index contributed by atoms with van der Waals surface area (Å²) >= 11 is 0. The molecule has 9 heteroatoms. The van der Waals surface area contributed by atoms with E-state index in [-0.39, 0.29) is 30.3 Å². The third-order valence-corrected chi connectivity index (χ3v) is 6.67. The molecule has 1 atom stereocenters. The Balaban J connectivity index is 1.61. The summed E-state index contributed by atoms with van der Waals surface area (Å²) in [6.07, 6.45) is 2.19. The van der Waals surface area contributed by atoms with Gasteiger partial charge in [0.2, 0.25) is 5.95 Å². The Morgan fingerprint density at radius 3 is 2.25 bits per heavy atom. The lowest BCUT2D eigenvalue weighted by molar-refractivity contribution is -0.119. The van der Waals surface area contributed by atoms with Gasteiger partial charge in [-0.25, -0.2) is 19.6 Å². The van der Waals surface area contributed by atoms with Crippen LogP contribution in [0.2, 0.25) is 0 Å². The predicted molar refractivity (Wildman–Crippen MR) is 156 cm³/mol. The minimum atomic E-state index is -0.739. The van der Waals surface area contributed by atoms with E-state index in [4.69, 9.17) is 15.5 Å². The van der Waals surface area contributed by atoms with Gasteiger partial charge in [-0.15, -0.1) is 0 Å². The van der Waals surface area contributed by atoms with Gasteiger partial charge >= 0.3 is 6.03 Å². The fourth-order valence-corrected chi connectivity index (χ4v) is 4.72. The number of fused-ring (bicyclic) bond motifs is 1. The Bertz CT molecular complexity index is 1480. The van der Waals surface area contributed by atoms with Gasteiger partial charge < -0.3 is 10.5 Å². The third kappa shape index (κ3) is 5.37. The van der Waals surface area contributed by atoms with E-state index in [2.05, 4.69) is 4.98 Å². The van der Waals surface area contributed by atoms with Crippen molar-refractivity contribution in [1.82, 2.24) is 9.97 Å². The lowest BCUT2D eigenvalue weighted by atomic mass is 10.0. The lowest BCUT2D eigenvalue weighted by Crippen LogP contribution is -2.46. The fourth-order valence-electron chi connectivity index (χ4n) is 4.72.